The van der Waals surface area contributed by atoms with Gasteiger partial charge in [0.15, 0.2) is 0 Å². The highest BCUT2D eigenvalue weighted by Gasteiger charge is 2.16. The molecule has 1 N–H and O–H groups in total. The molecular weight excluding hydrogens is 242 g/mol. The van der Waals surface area contributed by atoms with E-state index in [1.54, 1.807) is 6.07 Å². The van der Waals surface area contributed by atoms with E-state index in [0.717, 1.165) is 11.3 Å². The zero-order chi connectivity index (χ0) is 13.4. The molecule has 2 aromatic rings. The molecule has 0 bridgehead atoms. The fourth-order valence-electron chi connectivity index (χ4n) is 2.58. The largest absolute Gasteiger partial charge is 0.477 e. The van der Waals surface area contributed by atoms with Crippen LogP contribution < -0.4 is 0 Å². The average Bonchev–Trinajstić information content (AvgIpc) is 3.03. The Kier molecular flexibility index (Phi) is 2.87. The molecule has 1 aromatic carbocycles. The molecule has 0 saturated carbocycles. The molecule has 1 aliphatic rings. The lowest BCUT2D eigenvalue weighted by Gasteiger charge is -2.10. The smallest absolute Gasteiger partial charge is 0.352 e. The van der Waals surface area contributed by atoms with Crippen molar-refractivity contribution in [3.05, 3.63) is 47.2 Å². The minimum atomic E-state index is -0.891. The highest BCUT2D eigenvalue weighted by molar-refractivity contribution is 5.87. The minimum absolute atomic E-state index is 0.328. The third kappa shape index (κ3) is 1.94. The van der Waals surface area contributed by atoms with Gasteiger partial charge in [-0.1, -0.05) is 12.1 Å². The maximum atomic E-state index is 11.2. The van der Waals surface area contributed by atoms with Gasteiger partial charge < -0.3 is 14.4 Å². The third-order valence-electron chi connectivity index (χ3n) is 3.53. The number of fused-ring (bicyclic) bond motifs is 1. The van der Waals surface area contributed by atoms with Crippen molar-refractivity contribution in [2.24, 2.45) is 0 Å². The van der Waals surface area contributed by atoms with Crippen LogP contribution in [0, 0.1) is 0 Å². The van der Waals surface area contributed by atoms with E-state index in [-0.39, 0.29) is 0 Å². The number of carboxylic acids is 1. The summed E-state index contributed by atoms with van der Waals surface area (Å²) in [6.07, 6.45) is 0. The SMILES string of the molecule is CCn1c(C(=O)O)ccc1-c1ccc2c(c1)COC2. The number of hydrogen-bond donors (Lipinski definition) is 1. The standard InChI is InChI=1S/C15H15NO3/c1-2-16-13(5-6-14(16)15(17)18)10-3-4-11-8-19-9-12(11)7-10/h3-7H,2,8-9H2,1H3,(H,17,18). The van der Waals surface area contributed by atoms with Crippen LogP contribution in [0.25, 0.3) is 11.3 Å². The number of benzene rings is 1. The van der Waals surface area contributed by atoms with Gasteiger partial charge in [0.1, 0.15) is 5.69 Å². The van der Waals surface area contributed by atoms with Crippen molar-refractivity contribution in [3.63, 3.8) is 0 Å². The summed E-state index contributed by atoms with van der Waals surface area (Å²) >= 11 is 0. The summed E-state index contributed by atoms with van der Waals surface area (Å²) in [7, 11) is 0. The Bertz CT molecular complexity index is 643. The predicted octanol–water partition coefficient (Wildman–Crippen LogP) is 2.90. The lowest BCUT2D eigenvalue weighted by molar-refractivity contribution is 0.0685. The lowest BCUT2D eigenvalue weighted by atomic mass is 10.0. The number of hydrogen-bond acceptors (Lipinski definition) is 2. The zero-order valence-corrected chi connectivity index (χ0v) is 10.7. The van der Waals surface area contributed by atoms with Gasteiger partial charge in [-0.05, 0) is 41.8 Å². The Morgan fingerprint density at radius 1 is 1.26 bits per heavy atom. The molecule has 2 heterocycles. The lowest BCUT2D eigenvalue weighted by Crippen LogP contribution is -2.08. The normalized spacial score (nSPS) is 13.5. The van der Waals surface area contributed by atoms with E-state index in [4.69, 9.17) is 4.74 Å². The van der Waals surface area contributed by atoms with E-state index >= 15 is 0 Å². The van der Waals surface area contributed by atoms with E-state index in [0.29, 0.717) is 25.5 Å². The first kappa shape index (κ1) is 12.0. The van der Waals surface area contributed by atoms with Crippen molar-refractivity contribution in [1.82, 2.24) is 4.57 Å². The number of rotatable bonds is 3. The Morgan fingerprint density at radius 2 is 2.05 bits per heavy atom. The first-order valence-corrected chi connectivity index (χ1v) is 6.33. The van der Waals surface area contributed by atoms with Gasteiger partial charge in [-0.15, -0.1) is 0 Å². The number of nitrogens with zero attached hydrogens (tertiary/aromatic N) is 1. The number of aromatic carboxylic acids is 1. The van der Waals surface area contributed by atoms with Gasteiger partial charge in [0.25, 0.3) is 0 Å². The number of carbonyl (C=O) groups is 1. The fraction of sp³-hybridized carbons (Fsp3) is 0.267. The second-order valence-electron chi connectivity index (χ2n) is 4.63. The minimum Gasteiger partial charge on any atom is -0.477 e. The van der Waals surface area contributed by atoms with Crippen molar-refractivity contribution >= 4 is 5.97 Å². The molecule has 98 valence electrons. The van der Waals surface area contributed by atoms with Gasteiger partial charge in [-0.2, -0.15) is 0 Å². The molecule has 0 amide bonds. The molecule has 0 unspecified atom stereocenters. The van der Waals surface area contributed by atoms with Gasteiger partial charge in [-0.25, -0.2) is 4.79 Å². The first-order valence-electron chi connectivity index (χ1n) is 6.33. The molecule has 0 saturated heterocycles. The molecule has 0 radical (unpaired) electrons. The summed E-state index contributed by atoms with van der Waals surface area (Å²) in [5.74, 6) is -0.891. The molecule has 3 rings (SSSR count). The summed E-state index contributed by atoms with van der Waals surface area (Å²) in [5.41, 5.74) is 4.72. The molecule has 4 nitrogen and oxygen atoms in total. The maximum Gasteiger partial charge on any atom is 0.352 e. The summed E-state index contributed by atoms with van der Waals surface area (Å²) in [6, 6.07) is 9.70. The fourth-order valence-corrected chi connectivity index (χ4v) is 2.58. The van der Waals surface area contributed by atoms with Crippen LogP contribution in [0.15, 0.2) is 30.3 Å². The van der Waals surface area contributed by atoms with Gasteiger partial charge in [0.2, 0.25) is 0 Å². The van der Waals surface area contributed by atoms with Crippen LogP contribution in [-0.2, 0) is 24.5 Å². The second-order valence-corrected chi connectivity index (χ2v) is 4.63. The molecule has 0 aliphatic carbocycles. The van der Waals surface area contributed by atoms with Gasteiger partial charge >= 0.3 is 5.97 Å². The number of carboxylic acid groups (broad SMARTS) is 1. The van der Waals surface area contributed by atoms with Gasteiger partial charge in [-0.3, -0.25) is 0 Å². The highest BCUT2D eigenvalue weighted by atomic mass is 16.5. The van der Waals surface area contributed by atoms with Gasteiger partial charge in [0, 0.05) is 12.2 Å². The summed E-state index contributed by atoms with van der Waals surface area (Å²) in [5, 5.41) is 9.17. The van der Waals surface area contributed by atoms with Gasteiger partial charge in [0.05, 0.1) is 13.2 Å². The Labute approximate surface area is 111 Å². The van der Waals surface area contributed by atoms with Crippen molar-refractivity contribution in [1.29, 1.82) is 0 Å². The van der Waals surface area contributed by atoms with Crippen LogP contribution in [0.1, 0.15) is 28.5 Å². The Morgan fingerprint density at radius 3 is 2.79 bits per heavy atom. The second kappa shape index (κ2) is 4.55. The van der Waals surface area contributed by atoms with Crippen LogP contribution >= 0.6 is 0 Å². The molecule has 0 atom stereocenters. The predicted molar refractivity (Wildman–Crippen MR) is 71.0 cm³/mol. The van der Waals surface area contributed by atoms with Crippen LogP contribution in [0.4, 0.5) is 0 Å². The molecular formula is C15H15NO3. The van der Waals surface area contributed by atoms with Crippen LogP contribution in [-0.4, -0.2) is 15.6 Å². The Hall–Kier alpha value is -2.07. The van der Waals surface area contributed by atoms with Crippen molar-refractivity contribution in [2.75, 3.05) is 0 Å². The molecule has 1 aliphatic heterocycles. The summed E-state index contributed by atoms with van der Waals surface area (Å²) in [6.45, 7) is 3.90. The van der Waals surface area contributed by atoms with Crippen molar-refractivity contribution < 1.29 is 14.6 Å². The maximum absolute atomic E-state index is 11.2. The van der Waals surface area contributed by atoms with Crippen molar-refractivity contribution in [2.45, 2.75) is 26.7 Å². The Balaban J connectivity index is 2.09. The average molecular weight is 257 g/mol. The van der Waals surface area contributed by atoms with E-state index < -0.39 is 5.97 Å². The number of aromatic nitrogens is 1. The van der Waals surface area contributed by atoms with E-state index in [2.05, 4.69) is 12.1 Å². The molecule has 0 fully saturated rings. The zero-order valence-electron chi connectivity index (χ0n) is 10.7. The molecule has 19 heavy (non-hydrogen) atoms. The number of ether oxygens (including phenoxy) is 1. The molecule has 0 spiro atoms. The third-order valence-corrected chi connectivity index (χ3v) is 3.53. The van der Waals surface area contributed by atoms with E-state index in [1.165, 1.54) is 11.1 Å². The quantitative estimate of drug-likeness (QED) is 0.919. The van der Waals surface area contributed by atoms with Crippen LogP contribution in [0.2, 0.25) is 0 Å². The highest BCUT2D eigenvalue weighted by Crippen LogP contribution is 2.28. The first-order chi connectivity index (χ1) is 9.20. The van der Waals surface area contributed by atoms with E-state index in [9.17, 15) is 9.90 Å². The van der Waals surface area contributed by atoms with Crippen molar-refractivity contribution in [3.8, 4) is 11.3 Å². The van der Waals surface area contributed by atoms with E-state index in [1.807, 2.05) is 23.6 Å². The summed E-state index contributed by atoms with van der Waals surface area (Å²) < 4.78 is 7.22. The molecule has 4 heteroatoms. The van der Waals surface area contributed by atoms with Crippen LogP contribution in [0.5, 0.6) is 0 Å². The monoisotopic (exact) mass is 257 g/mol. The topological polar surface area (TPSA) is 51.5 Å². The molecule has 1 aromatic heterocycles. The van der Waals surface area contributed by atoms with Crippen LogP contribution in [0.3, 0.4) is 0 Å². The summed E-state index contributed by atoms with van der Waals surface area (Å²) in [4.78, 5) is 11.2.